The Balaban J connectivity index is 1.33. The molecule has 1 aliphatic heterocycles. The number of pyridine rings is 1. The maximum atomic E-state index is 4.08. The molecule has 25 heavy (non-hydrogen) atoms. The molecule has 2 aromatic rings. The number of hydrogen-bond donors (Lipinski definition) is 0. The molecular weight excluding hydrogens is 306 g/mol. The van der Waals surface area contributed by atoms with Gasteiger partial charge in [-0.2, -0.15) is 0 Å². The van der Waals surface area contributed by atoms with Gasteiger partial charge in [0, 0.05) is 32.0 Å². The van der Waals surface area contributed by atoms with Crippen molar-refractivity contribution in [2.75, 3.05) is 26.7 Å². The molecule has 0 atom stereocenters. The van der Waals surface area contributed by atoms with Crippen molar-refractivity contribution < 1.29 is 0 Å². The lowest BCUT2D eigenvalue weighted by Crippen LogP contribution is -2.26. The van der Waals surface area contributed by atoms with Crippen LogP contribution in [0.1, 0.15) is 40.7 Å². The second kappa shape index (κ2) is 8.59. The van der Waals surface area contributed by atoms with Gasteiger partial charge in [0.05, 0.1) is 0 Å². The van der Waals surface area contributed by atoms with Gasteiger partial charge >= 0.3 is 0 Å². The average molecular weight is 338 g/mol. The van der Waals surface area contributed by atoms with Crippen LogP contribution in [0.3, 0.4) is 0 Å². The zero-order valence-corrected chi connectivity index (χ0v) is 16.0. The molecule has 0 saturated carbocycles. The lowest BCUT2D eigenvalue weighted by atomic mass is 10.0. The number of nitrogens with zero attached hydrogens (tertiary/aromatic N) is 3. The molecule has 0 saturated heterocycles. The average Bonchev–Trinajstić information content (AvgIpc) is 2.98. The third-order valence-electron chi connectivity index (χ3n) is 5.37. The first-order chi connectivity index (χ1) is 12.1. The van der Waals surface area contributed by atoms with Crippen LogP contribution in [0.4, 0.5) is 0 Å². The van der Waals surface area contributed by atoms with Gasteiger partial charge in [-0.25, -0.2) is 0 Å². The lowest BCUT2D eigenvalue weighted by molar-refractivity contribution is 0.249. The number of benzene rings is 1. The molecule has 0 spiro atoms. The summed E-state index contributed by atoms with van der Waals surface area (Å²) in [5.41, 5.74) is 7.32. The predicted molar refractivity (Wildman–Crippen MR) is 105 cm³/mol. The van der Waals surface area contributed by atoms with Gasteiger partial charge in [-0.05, 0) is 93.2 Å². The van der Waals surface area contributed by atoms with Gasteiger partial charge in [-0.15, -0.1) is 0 Å². The van der Waals surface area contributed by atoms with Crippen LogP contribution in [0.5, 0.6) is 0 Å². The van der Waals surface area contributed by atoms with Gasteiger partial charge in [0.1, 0.15) is 0 Å². The Morgan fingerprint density at radius 3 is 2.20 bits per heavy atom. The number of hydrogen-bond acceptors (Lipinski definition) is 3. The van der Waals surface area contributed by atoms with E-state index in [1.54, 1.807) is 0 Å². The van der Waals surface area contributed by atoms with Crippen LogP contribution in [0.2, 0.25) is 0 Å². The number of aromatic nitrogens is 1. The number of rotatable bonds is 8. The minimum absolute atomic E-state index is 1.13. The van der Waals surface area contributed by atoms with E-state index in [1.165, 1.54) is 60.3 Å². The van der Waals surface area contributed by atoms with Gasteiger partial charge in [0.2, 0.25) is 0 Å². The standard InChI is InChI=1S/C22H31N3/c1-18-14-21-16-25(17-22(21)15-19(18)2)13-5-12-24(3)11-4-6-20-7-9-23-10-8-20/h7-10,14-15H,4-6,11-13,16-17H2,1-3H3. The van der Waals surface area contributed by atoms with E-state index in [9.17, 15) is 0 Å². The van der Waals surface area contributed by atoms with Crippen LogP contribution in [0.25, 0.3) is 0 Å². The van der Waals surface area contributed by atoms with Crippen molar-refractivity contribution in [2.45, 2.75) is 46.2 Å². The Labute approximate surface area is 152 Å². The van der Waals surface area contributed by atoms with Crippen LogP contribution in [0, 0.1) is 13.8 Å². The number of aryl methyl sites for hydroxylation is 3. The highest BCUT2D eigenvalue weighted by atomic mass is 15.1. The minimum atomic E-state index is 1.13. The molecule has 3 nitrogen and oxygen atoms in total. The first kappa shape index (κ1) is 18.1. The zero-order chi connectivity index (χ0) is 17.6. The smallest absolute Gasteiger partial charge is 0.0270 e. The minimum Gasteiger partial charge on any atom is -0.306 e. The maximum Gasteiger partial charge on any atom is 0.0270 e. The Hall–Kier alpha value is -1.71. The molecule has 1 aliphatic rings. The Morgan fingerprint density at radius 2 is 1.56 bits per heavy atom. The highest BCUT2D eigenvalue weighted by molar-refractivity contribution is 5.39. The largest absolute Gasteiger partial charge is 0.306 e. The van der Waals surface area contributed by atoms with Gasteiger partial charge in [-0.1, -0.05) is 12.1 Å². The van der Waals surface area contributed by atoms with Crippen LogP contribution in [0.15, 0.2) is 36.7 Å². The summed E-state index contributed by atoms with van der Waals surface area (Å²) >= 11 is 0. The highest BCUT2D eigenvalue weighted by Crippen LogP contribution is 2.25. The molecule has 1 aromatic heterocycles. The van der Waals surface area contributed by atoms with Gasteiger partial charge in [0.15, 0.2) is 0 Å². The summed E-state index contributed by atoms with van der Waals surface area (Å²) in [5, 5.41) is 0. The molecule has 1 aromatic carbocycles. The zero-order valence-electron chi connectivity index (χ0n) is 16.0. The second-order valence-electron chi connectivity index (χ2n) is 7.53. The summed E-state index contributed by atoms with van der Waals surface area (Å²) in [4.78, 5) is 9.14. The van der Waals surface area contributed by atoms with Crippen molar-refractivity contribution in [1.82, 2.24) is 14.8 Å². The summed E-state index contributed by atoms with van der Waals surface area (Å²) in [5.74, 6) is 0. The van der Waals surface area contributed by atoms with E-state index in [0.29, 0.717) is 0 Å². The van der Waals surface area contributed by atoms with E-state index < -0.39 is 0 Å². The van der Waals surface area contributed by atoms with E-state index in [4.69, 9.17) is 0 Å². The summed E-state index contributed by atoms with van der Waals surface area (Å²) < 4.78 is 0. The van der Waals surface area contributed by atoms with Crippen molar-refractivity contribution >= 4 is 0 Å². The van der Waals surface area contributed by atoms with Gasteiger partial charge in [-0.3, -0.25) is 9.88 Å². The van der Waals surface area contributed by atoms with Crippen molar-refractivity contribution in [2.24, 2.45) is 0 Å². The lowest BCUT2D eigenvalue weighted by Gasteiger charge is -2.19. The van der Waals surface area contributed by atoms with Crippen molar-refractivity contribution in [1.29, 1.82) is 0 Å². The van der Waals surface area contributed by atoms with E-state index in [1.807, 2.05) is 12.4 Å². The van der Waals surface area contributed by atoms with E-state index in [-0.39, 0.29) is 0 Å². The molecule has 0 aliphatic carbocycles. The molecule has 0 fully saturated rings. The number of fused-ring (bicyclic) bond motifs is 1. The van der Waals surface area contributed by atoms with Crippen LogP contribution < -0.4 is 0 Å². The molecule has 0 radical (unpaired) electrons. The first-order valence-corrected chi connectivity index (χ1v) is 9.50. The summed E-state index contributed by atoms with van der Waals surface area (Å²) in [6, 6.07) is 9.01. The van der Waals surface area contributed by atoms with Crippen LogP contribution in [-0.2, 0) is 19.5 Å². The van der Waals surface area contributed by atoms with Gasteiger partial charge in [0.25, 0.3) is 0 Å². The Morgan fingerprint density at radius 1 is 0.960 bits per heavy atom. The topological polar surface area (TPSA) is 19.4 Å². The summed E-state index contributed by atoms with van der Waals surface area (Å²) in [7, 11) is 2.25. The fourth-order valence-corrected chi connectivity index (χ4v) is 3.70. The monoisotopic (exact) mass is 337 g/mol. The quantitative estimate of drug-likeness (QED) is 0.726. The Bertz CT molecular complexity index is 650. The molecule has 0 bridgehead atoms. The third kappa shape index (κ3) is 5.13. The fourth-order valence-electron chi connectivity index (χ4n) is 3.70. The normalized spacial score (nSPS) is 14.2. The molecule has 3 rings (SSSR count). The van der Waals surface area contributed by atoms with Crippen LogP contribution in [-0.4, -0.2) is 41.5 Å². The first-order valence-electron chi connectivity index (χ1n) is 9.50. The fraction of sp³-hybridized carbons (Fsp3) is 0.500. The molecule has 0 N–H and O–H groups in total. The third-order valence-corrected chi connectivity index (χ3v) is 5.37. The molecule has 0 unspecified atom stereocenters. The molecule has 2 heterocycles. The molecular formula is C22H31N3. The van der Waals surface area contributed by atoms with E-state index in [2.05, 4.69) is 59.9 Å². The predicted octanol–water partition coefficient (Wildman–Crippen LogP) is 3.97. The Kier molecular flexibility index (Phi) is 6.22. The van der Waals surface area contributed by atoms with Crippen molar-refractivity contribution in [3.8, 4) is 0 Å². The van der Waals surface area contributed by atoms with Gasteiger partial charge < -0.3 is 4.90 Å². The highest BCUT2D eigenvalue weighted by Gasteiger charge is 2.19. The molecule has 0 amide bonds. The van der Waals surface area contributed by atoms with E-state index in [0.717, 1.165) is 19.5 Å². The summed E-state index contributed by atoms with van der Waals surface area (Å²) in [6.45, 7) is 10.2. The molecule has 3 heteroatoms. The summed E-state index contributed by atoms with van der Waals surface area (Å²) in [6.07, 6.45) is 7.38. The van der Waals surface area contributed by atoms with Crippen molar-refractivity contribution in [3.63, 3.8) is 0 Å². The maximum absolute atomic E-state index is 4.08. The van der Waals surface area contributed by atoms with Crippen LogP contribution >= 0.6 is 0 Å². The SMILES string of the molecule is Cc1cc2c(cc1C)CN(CCCN(C)CCCc1ccncc1)C2. The van der Waals surface area contributed by atoms with Crippen molar-refractivity contribution in [3.05, 3.63) is 64.5 Å². The second-order valence-corrected chi connectivity index (χ2v) is 7.53. The van der Waals surface area contributed by atoms with E-state index >= 15 is 0 Å². The molecule has 134 valence electrons.